The summed E-state index contributed by atoms with van der Waals surface area (Å²) in [6, 6.07) is 17.2. The molecule has 3 aliphatic rings. The molecule has 3 aromatic rings. The first kappa shape index (κ1) is 29.7. The number of likely N-dealkylation sites (tertiary alicyclic amines) is 1. The van der Waals surface area contributed by atoms with Gasteiger partial charge in [0.05, 0.1) is 37.4 Å². The Kier molecular flexibility index (Phi) is 8.88. The Hall–Kier alpha value is -4.31. The predicted molar refractivity (Wildman–Crippen MR) is 164 cm³/mol. The molecule has 3 fully saturated rings. The van der Waals surface area contributed by atoms with Crippen molar-refractivity contribution >= 4 is 23.1 Å². The molecule has 0 saturated carbocycles. The summed E-state index contributed by atoms with van der Waals surface area (Å²) < 4.78 is 26.2. The van der Waals surface area contributed by atoms with E-state index in [9.17, 15) is 14.4 Å². The number of piperidine rings is 1. The van der Waals surface area contributed by atoms with Crippen LogP contribution in [0.1, 0.15) is 18.9 Å². The fraction of sp³-hybridized carbons (Fsp3) is 0.438. The van der Waals surface area contributed by atoms with Gasteiger partial charge in [0, 0.05) is 62.3 Å². The summed E-state index contributed by atoms with van der Waals surface area (Å²) in [5.41, 5.74) is 8.65. The second kappa shape index (κ2) is 13.1. The first-order valence-corrected chi connectivity index (χ1v) is 15.0. The normalized spacial score (nSPS) is 21.7. The van der Waals surface area contributed by atoms with Crippen molar-refractivity contribution in [3.63, 3.8) is 0 Å². The topological polar surface area (TPSA) is 133 Å². The number of nitrogens with two attached hydrogens (primary N) is 1. The lowest BCUT2D eigenvalue weighted by atomic mass is 10.0. The maximum absolute atomic E-state index is 14.9. The summed E-state index contributed by atoms with van der Waals surface area (Å²) in [5, 5.41) is 13.2. The molecule has 230 valence electrons. The maximum Gasteiger partial charge on any atom is 0.239 e. The van der Waals surface area contributed by atoms with Crippen molar-refractivity contribution < 1.29 is 18.7 Å². The number of aromatic nitrogens is 2. The quantitative estimate of drug-likeness (QED) is 0.398. The van der Waals surface area contributed by atoms with Gasteiger partial charge in [0.1, 0.15) is 23.7 Å². The number of hydrogen-bond donors (Lipinski definition) is 2. The number of carbonyl (C=O) groups excluding carboxylic acids is 1. The third-order valence-corrected chi connectivity index (χ3v) is 8.43. The van der Waals surface area contributed by atoms with Gasteiger partial charge in [-0.05, 0) is 55.5 Å². The molecule has 3 aliphatic heterocycles. The summed E-state index contributed by atoms with van der Waals surface area (Å²) in [6.07, 6.45) is -0.202. The molecule has 4 heterocycles. The fourth-order valence-electron chi connectivity index (χ4n) is 5.78. The van der Waals surface area contributed by atoms with Crippen molar-refractivity contribution in [2.75, 3.05) is 62.7 Å². The maximum atomic E-state index is 14.9. The number of rotatable bonds is 8. The fourth-order valence-corrected chi connectivity index (χ4v) is 5.78. The zero-order valence-electron chi connectivity index (χ0n) is 24.7. The van der Waals surface area contributed by atoms with Crippen LogP contribution in [0.3, 0.4) is 0 Å². The van der Waals surface area contributed by atoms with Crippen LogP contribution in [-0.2, 0) is 9.53 Å². The number of ether oxygens (including phenoxy) is 2. The van der Waals surface area contributed by atoms with E-state index in [2.05, 4.69) is 43.3 Å². The van der Waals surface area contributed by atoms with Gasteiger partial charge in [-0.2, -0.15) is 5.26 Å². The average molecular weight is 601 g/mol. The van der Waals surface area contributed by atoms with Crippen molar-refractivity contribution in [1.82, 2.24) is 19.8 Å². The molecule has 11 nitrogen and oxygen atoms in total. The highest BCUT2D eigenvalue weighted by Crippen LogP contribution is 2.29. The minimum Gasteiger partial charge on any atom is -0.486 e. The molecule has 3 N–H and O–H groups in total. The van der Waals surface area contributed by atoms with Gasteiger partial charge in [-0.15, -0.1) is 0 Å². The zero-order chi connectivity index (χ0) is 30.6. The number of nitrogens with one attached hydrogen (secondary N) is 1. The second-order valence-corrected chi connectivity index (χ2v) is 11.5. The largest absolute Gasteiger partial charge is 0.486 e. The van der Waals surface area contributed by atoms with Gasteiger partial charge in [0.15, 0.2) is 12.0 Å². The van der Waals surface area contributed by atoms with E-state index in [1.807, 2.05) is 12.1 Å². The van der Waals surface area contributed by atoms with Crippen molar-refractivity contribution in [3.8, 4) is 23.2 Å². The van der Waals surface area contributed by atoms with Gasteiger partial charge >= 0.3 is 0 Å². The summed E-state index contributed by atoms with van der Waals surface area (Å²) >= 11 is 0. The van der Waals surface area contributed by atoms with Crippen LogP contribution in [0.5, 0.6) is 5.75 Å². The number of benzene rings is 2. The van der Waals surface area contributed by atoms with Crippen LogP contribution in [0.2, 0.25) is 0 Å². The highest BCUT2D eigenvalue weighted by molar-refractivity contribution is 5.81. The molecule has 0 bridgehead atoms. The minimum absolute atomic E-state index is 0.0884. The monoisotopic (exact) mass is 600 g/mol. The molecule has 1 amide bonds. The Labute approximate surface area is 256 Å². The molecule has 6 rings (SSSR count). The number of hydrogen-bond acceptors (Lipinski definition) is 10. The molecule has 0 unspecified atom stereocenters. The van der Waals surface area contributed by atoms with Crippen LogP contribution in [0.4, 0.5) is 21.6 Å². The second-order valence-electron chi connectivity index (χ2n) is 11.5. The van der Waals surface area contributed by atoms with Gasteiger partial charge in [-0.25, -0.2) is 14.4 Å². The number of nitrogens with zero attached hydrogens (tertiary/aromatic N) is 6. The Balaban J connectivity index is 1.07. The predicted octanol–water partition coefficient (Wildman–Crippen LogP) is 2.94. The standard InChI is InChI=1S/C32H37FN8O3/c1-21(35)32(42)41-11-9-29(27(33)18-41)44-28-7-2-22(16-23(28)17-34)31-36-10-8-30(38-31)37-24-3-5-25(6-4-24)39-12-14-40(15-13-39)26-19-43-20-26/h2-8,10,16,21,26-27,29H,9,11-15,18-20,35H2,1H3,(H,36,37,38)/t21-,27-,29+/m1/s1. The SMILES string of the molecule is C[C@@H](N)C(=O)N1CC[C@H](Oc2ccc(-c3nccc(Nc4ccc(N5CCN(C6COC6)CC5)cc4)n3)cc2C#N)[C@H](F)C1. The van der Waals surface area contributed by atoms with Gasteiger partial charge in [0.2, 0.25) is 5.91 Å². The lowest BCUT2D eigenvalue weighted by Crippen LogP contribution is -2.56. The number of halogens is 1. The first-order chi connectivity index (χ1) is 21.4. The summed E-state index contributed by atoms with van der Waals surface area (Å²) in [7, 11) is 0. The van der Waals surface area contributed by atoms with Crippen LogP contribution in [-0.4, -0.2) is 103 Å². The molecular formula is C32H37FN8O3. The Morgan fingerprint density at radius 3 is 2.57 bits per heavy atom. The smallest absolute Gasteiger partial charge is 0.239 e. The van der Waals surface area contributed by atoms with Gasteiger partial charge in [-0.1, -0.05) is 0 Å². The third-order valence-electron chi connectivity index (χ3n) is 8.43. The van der Waals surface area contributed by atoms with E-state index >= 15 is 0 Å². The molecule has 3 saturated heterocycles. The number of anilines is 3. The van der Waals surface area contributed by atoms with Crippen molar-refractivity contribution in [3.05, 3.63) is 60.3 Å². The van der Waals surface area contributed by atoms with E-state index in [0.717, 1.165) is 45.1 Å². The van der Waals surface area contributed by atoms with Crippen LogP contribution < -0.4 is 20.7 Å². The highest BCUT2D eigenvalue weighted by atomic mass is 19.1. The Bertz CT molecular complexity index is 1500. The third kappa shape index (κ3) is 6.60. The lowest BCUT2D eigenvalue weighted by molar-refractivity contribution is -0.136. The van der Waals surface area contributed by atoms with Gasteiger partial charge in [0.25, 0.3) is 0 Å². The van der Waals surface area contributed by atoms with Crippen LogP contribution >= 0.6 is 0 Å². The van der Waals surface area contributed by atoms with Crippen LogP contribution in [0.25, 0.3) is 11.4 Å². The average Bonchev–Trinajstić information content (AvgIpc) is 3.02. The molecule has 0 radical (unpaired) electrons. The summed E-state index contributed by atoms with van der Waals surface area (Å²) in [6.45, 7) is 7.63. The van der Waals surface area contributed by atoms with E-state index in [4.69, 9.17) is 15.2 Å². The molecule has 2 aromatic carbocycles. The molecule has 3 atom stereocenters. The van der Waals surface area contributed by atoms with E-state index in [1.54, 1.807) is 37.4 Å². The number of piperazine rings is 1. The Morgan fingerprint density at radius 1 is 1.14 bits per heavy atom. The van der Waals surface area contributed by atoms with Gasteiger partial charge < -0.3 is 30.3 Å². The van der Waals surface area contributed by atoms with Crippen molar-refractivity contribution in [1.29, 1.82) is 5.26 Å². The van der Waals surface area contributed by atoms with E-state index < -0.39 is 18.3 Å². The van der Waals surface area contributed by atoms with Crippen LogP contribution in [0, 0.1) is 11.3 Å². The number of amides is 1. The van der Waals surface area contributed by atoms with Crippen LogP contribution in [0.15, 0.2) is 54.7 Å². The van der Waals surface area contributed by atoms with E-state index in [1.165, 1.54) is 10.6 Å². The number of alkyl halides is 1. The molecule has 12 heteroatoms. The summed E-state index contributed by atoms with van der Waals surface area (Å²) in [5.74, 6) is 1.05. The molecule has 0 aliphatic carbocycles. The Morgan fingerprint density at radius 2 is 1.91 bits per heavy atom. The van der Waals surface area contributed by atoms with E-state index in [0.29, 0.717) is 36.2 Å². The molecule has 0 spiro atoms. The van der Waals surface area contributed by atoms with E-state index in [-0.39, 0.29) is 23.8 Å². The number of nitriles is 1. The molecule has 44 heavy (non-hydrogen) atoms. The van der Waals surface area contributed by atoms with Crippen molar-refractivity contribution in [2.24, 2.45) is 5.73 Å². The van der Waals surface area contributed by atoms with Crippen molar-refractivity contribution in [2.45, 2.75) is 37.7 Å². The summed E-state index contributed by atoms with van der Waals surface area (Å²) in [4.78, 5) is 27.5. The highest BCUT2D eigenvalue weighted by Gasteiger charge is 2.34. The zero-order valence-corrected chi connectivity index (χ0v) is 24.7. The molecular weight excluding hydrogens is 563 g/mol. The van der Waals surface area contributed by atoms with Gasteiger partial charge in [-0.3, -0.25) is 9.69 Å². The molecule has 1 aromatic heterocycles. The first-order valence-electron chi connectivity index (χ1n) is 15.0. The number of carbonyl (C=O) groups is 1. The minimum atomic E-state index is -1.39. The lowest BCUT2D eigenvalue weighted by Gasteiger charge is -2.43.